The molecule has 1 aromatic heterocycles. The zero-order chi connectivity index (χ0) is 13.1. The van der Waals surface area contributed by atoms with Crippen molar-refractivity contribution < 1.29 is 5.11 Å². The van der Waals surface area contributed by atoms with Crippen LogP contribution in [0.3, 0.4) is 0 Å². The van der Waals surface area contributed by atoms with Gasteiger partial charge in [-0.3, -0.25) is 0 Å². The van der Waals surface area contributed by atoms with Crippen molar-refractivity contribution in [2.45, 2.75) is 51.7 Å². The van der Waals surface area contributed by atoms with Crippen molar-refractivity contribution in [1.82, 2.24) is 15.0 Å². The van der Waals surface area contributed by atoms with Crippen molar-refractivity contribution >= 4 is 15.9 Å². The van der Waals surface area contributed by atoms with Gasteiger partial charge in [0, 0.05) is 4.48 Å². The van der Waals surface area contributed by atoms with Gasteiger partial charge in [0.05, 0.1) is 18.3 Å². The molecular formula is C13H20BrN3O. The third-order valence-electron chi connectivity index (χ3n) is 3.22. The quantitative estimate of drug-likeness (QED) is 0.927. The van der Waals surface area contributed by atoms with E-state index in [2.05, 4.69) is 46.2 Å². The maximum atomic E-state index is 10.0. The molecule has 1 N–H and O–H groups in total. The highest BCUT2D eigenvalue weighted by molar-refractivity contribution is 9.11. The van der Waals surface area contributed by atoms with Crippen molar-refractivity contribution in [2.75, 3.05) is 0 Å². The Hall–Kier alpha value is -0.680. The van der Waals surface area contributed by atoms with Crippen LogP contribution in [0.2, 0.25) is 0 Å². The predicted octanol–water partition coefficient (Wildman–Crippen LogP) is 3.36. The standard InChI is InChI=1S/C13H20BrN3O/c1-9(2)7-13(18)11-8-17(16-15-11)12-6-4-3-5-10(12)14/h5,8-9,12-13,18H,3-4,6-7H2,1-2H3. The van der Waals surface area contributed by atoms with E-state index in [0.29, 0.717) is 11.6 Å². The first-order valence-corrected chi connectivity index (χ1v) is 7.32. The molecule has 0 saturated carbocycles. The van der Waals surface area contributed by atoms with Crippen LogP contribution in [0.5, 0.6) is 0 Å². The lowest BCUT2D eigenvalue weighted by atomic mass is 10.0. The molecule has 1 aromatic rings. The second-order valence-corrected chi connectivity index (χ2v) is 6.22. The molecule has 5 heteroatoms. The molecule has 0 radical (unpaired) electrons. The van der Waals surface area contributed by atoms with Crippen molar-refractivity contribution in [1.29, 1.82) is 0 Å². The van der Waals surface area contributed by atoms with E-state index >= 15 is 0 Å². The topological polar surface area (TPSA) is 50.9 Å². The van der Waals surface area contributed by atoms with Gasteiger partial charge < -0.3 is 5.11 Å². The minimum Gasteiger partial charge on any atom is -0.387 e. The van der Waals surface area contributed by atoms with E-state index in [1.165, 1.54) is 10.9 Å². The normalized spacial score (nSPS) is 22.1. The number of hydrogen-bond donors (Lipinski definition) is 1. The first-order valence-electron chi connectivity index (χ1n) is 6.53. The van der Waals surface area contributed by atoms with Crippen LogP contribution in [-0.4, -0.2) is 20.1 Å². The van der Waals surface area contributed by atoms with Crippen molar-refractivity contribution in [3.8, 4) is 0 Å². The Kier molecular flexibility index (Phi) is 4.56. The summed E-state index contributed by atoms with van der Waals surface area (Å²) in [6.07, 6.45) is 7.64. The summed E-state index contributed by atoms with van der Waals surface area (Å²) < 4.78 is 3.03. The third kappa shape index (κ3) is 3.20. The number of hydrogen-bond acceptors (Lipinski definition) is 3. The van der Waals surface area contributed by atoms with Crippen molar-refractivity contribution in [2.24, 2.45) is 5.92 Å². The summed E-state index contributed by atoms with van der Waals surface area (Å²) in [5.41, 5.74) is 0.676. The average molecular weight is 314 g/mol. The number of rotatable bonds is 4. The van der Waals surface area contributed by atoms with Crippen LogP contribution in [0.4, 0.5) is 0 Å². The van der Waals surface area contributed by atoms with Gasteiger partial charge in [-0.25, -0.2) is 4.68 Å². The fourth-order valence-corrected chi connectivity index (χ4v) is 2.91. The van der Waals surface area contributed by atoms with Gasteiger partial charge in [0.25, 0.3) is 0 Å². The van der Waals surface area contributed by atoms with Gasteiger partial charge >= 0.3 is 0 Å². The molecule has 2 atom stereocenters. The minimum atomic E-state index is -0.509. The Morgan fingerprint density at radius 3 is 3.00 bits per heavy atom. The van der Waals surface area contributed by atoms with Crippen molar-refractivity contribution in [3.05, 3.63) is 22.4 Å². The van der Waals surface area contributed by atoms with Gasteiger partial charge in [-0.1, -0.05) is 41.1 Å². The molecule has 18 heavy (non-hydrogen) atoms. The molecule has 1 aliphatic rings. The van der Waals surface area contributed by atoms with Gasteiger partial charge in [-0.15, -0.1) is 5.10 Å². The number of aliphatic hydroxyl groups is 1. The van der Waals surface area contributed by atoms with Crippen molar-refractivity contribution in [3.63, 3.8) is 0 Å². The molecule has 100 valence electrons. The summed E-state index contributed by atoms with van der Waals surface area (Å²) in [5, 5.41) is 18.3. The predicted molar refractivity (Wildman–Crippen MR) is 74.3 cm³/mol. The van der Waals surface area contributed by atoms with Gasteiger partial charge in [0.2, 0.25) is 0 Å². The third-order valence-corrected chi connectivity index (χ3v) is 4.08. The molecule has 0 aromatic carbocycles. The van der Waals surface area contributed by atoms with Crippen LogP contribution in [0.25, 0.3) is 0 Å². The molecule has 2 unspecified atom stereocenters. The molecule has 1 heterocycles. The smallest absolute Gasteiger partial charge is 0.111 e. The average Bonchev–Trinajstić information content (AvgIpc) is 2.78. The maximum Gasteiger partial charge on any atom is 0.111 e. The summed E-state index contributed by atoms with van der Waals surface area (Å²) in [5.74, 6) is 0.450. The van der Waals surface area contributed by atoms with E-state index < -0.39 is 6.10 Å². The summed E-state index contributed by atoms with van der Waals surface area (Å²) in [6, 6.07) is 0.242. The van der Waals surface area contributed by atoms with Crippen LogP contribution in [0.1, 0.15) is 57.4 Å². The first kappa shape index (κ1) is 13.7. The minimum absolute atomic E-state index is 0.242. The fourth-order valence-electron chi connectivity index (χ4n) is 2.25. The lowest BCUT2D eigenvalue weighted by Crippen LogP contribution is -2.12. The van der Waals surface area contributed by atoms with Crippen LogP contribution in [0, 0.1) is 5.92 Å². The molecule has 0 spiro atoms. The van der Waals surface area contributed by atoms with E-state index in [1.54, 1.807) is 0 Å². The summed E-state index contributed by atoms with van der Waals surface area (Å²) >= 11 is 3.59. The molecule has 0 bridgehead atoms. The summed E-state index contributed by atoms with van der Waals surface area (Å²) in [7, 11) is 0. The van der Waals surface area contributed by atoms with E-state index in [0.717, 1.165) is 19.3 Å². The number of nitrogens with zero attached hydrogens (tertiary/aromatic N) is 3. The fraction of sp³-hybridized carbons (Fsp3) is 0.692. The van der Waals surface area contributed by atoms with E-state index in [9.17, 15) is 5.11 Å². The highest BCUT2D eigenvalue weighted by Crippen LogP contribution is 2.33. The zero-order valence-corrected chi connectivity index (χ0v) is 12.5. The van der Waals surface area contributed by atoms with Crippen LogP contribution in [-0.2, 0) is 0 Å². The van der Waals surface area contributed by atoms with E-state index in [4.69, 9.17) is 0 Å². The van der Waals surface area contributed by atoms with Gasteiger partial charge in [-0.2, -0.15) is 0 Å². The molecule has 1 aliphatic carbocycles. The van der Waals surface area contributed by atoms with Crippen LogP contribution < -0.4 is 0 Å². The lowest BCUT2D eigenvalue weighted by Gasteiger charge is -2.20. The highest BCUT2D eigenvalue weighted by atomic mass is 79.9. The Bertz CT molecular complexity index is 428. The first-order chi connectivity index (χ1) is 8.58. The molecule has 0 fully saturated rings. The highest BCUT2D eigenvalue weighted by Gasteiger charge is 2.21. The molecule has 0 saturated heterocycles. The molecule has 4 nitrogen and oxygen atoms in total. The zero-order valence-electron chi connectivity index (χ0n) is 10.9. The van der Waals surface area contributed by atoms with E-state index in [-0.39, 0.29) is 6.04 Å². The Balaban J connectivity index is 2.10. The van der Waals surface area contributed by atoms with Gasteiger partial charge in [-0.05, 0) is 31.6 Å². The molecule has 2 rings (SSSR count). The molecule has 0 amide bonds. The van der Waals surface area contributed by atoms with Crippen LogP contribution >= 0.6 is 15.9 Å². The largest absolute Gasteiger partial charge is 0.387 e. The number of allylic oxidation sites excluding steroid dienone is 2. The second-order valence-electron chi connectivity index (χ2n) is 5.30. The van der Waals surface area contributed by atoms with Gasteiger partial charge in [0.15, 0.2) is 0 Å². The van der Waals surface area contributed by atoms with Crippen LogP contribution in [0.15, 0.2) is 16.8 Å². The second kappa shape index (κ2) is 5.97. The lowest BCUT2D eigenvalue weighted by molar-refractivity contribution is 0.146. The Morgan fingerprint density at radius 1 is 1.56 bits per heavy atom. The Morgan fingerprint density at radius 2 is 2.33 bits per heavy atom. The van der Waals surface area contributed by atoms with Gasteiger partial charge in [0.1, 0.15) is 5.69 Å². The molecule has 0 aliphatic heterocycles. The number of aromatic nitrogens is 3. The SMILES string of the molecule is CC(C)CC(O)c1cn(C2CCCC=C2Br)nn1. The maximum absolute atomic E-state index is 10.0. The molecular weight excluding hydrogens is 294 g/mol. The monoisotopic (exact) mass is 313 g/mol. The van der Waals surface area contributed by atoms with E-state index in [1.807, 2.05) is 10.9 Å². The Labute approximate surface area is 116 Å². The number of aliphatic hydroxyl groups excluding tert-OH is 1. The summed E-state index contributed by atoms with van der Waals surface area (Å²) in [6.45, 7) is 4.18. The number of halogens is 1. The summed E-state index contributed by atoms with van der Waals surface area (Å²) in [4.78, 5) is 0.